The zero-order valence-electron chi connectivity index (χ0n) is 17.7. The fourth-order valence-electron chi connectivity index (χ4n) is 4.58. The minimum Gasteiger partial charge on any atom is -0.504 e. The number of aromatic hydroxyl groups is 2. The topological polar surface area (TPSA) is 147 Å². The van der Waals surface area contributed by atoms with Crippen molar-refractivity contribution in [2.45, 2.75) is 18.4 Å². The van der Waals surface area contributed by atoms with Crippen LogP contribution in [0.3, 0.4) is 0 Å². The molecule has 2 atom stereocenters. The second-order valence-corrected chi connectivity index (χ2v) is 10.1. The number of hydrogen-bond donors (Lipinski definition) is 3. The zero-order valence-corrected chi connectivity index (χ0v) is 20.0. The Morgan fingerprint density at radius 1 is 1.14 bits per heavy atom. The van der Waals surface area contributed by atoms with Crippen molar-refractivity contribution in [2.24, 2.45) is 0 Å². The van der Waals surface area contributed by atoms with Gasteiger partial charge < -0.3 is 33.0 Å². The van der Waals surface area contributed by atoms with Gasteiger partial charge in [-0.3, -0.25) is 4.79 Å². The van der Waals surface area contributed by atoms with Gasteiger partial charge in [0.1, 0.15) is 16.8 Å². The van der Waals surface area contributed by atoms with Crippen molar-refractivity contribution in [3.8, 4) is 34.3 Å². The Kier molecular flexibility index (Phi) is 5.57. The number of rotatable bonds is 3. The normalized spacial score (nSPS) is 21.2. The molecule has 3 aromatic rings. The summed E-state index contributed by atoms with van der Waals surface area (Å²) in [5.74, 6) is -5.89. The smallest absolute Gasteiger partial charge is 0.501 e. The highest BCUT2D eigenvalue weighted by molar-refractivity contribution is 7.82. The van der Waals surface area contributed by atoms with Crippen LogP contribution in [-0.4, -0.2) is 54.9 Å². The molecule has 14 heteroatoms. The Morgan fingerprint density at radius 3 is 2.51 bits per heavy atom. The van der Waals surface area contributed by atoms with Gasteiger partial charge in [-0.1, -0.05) is 23.2 Å². The van der Waals surface area contributed by atoms with Gasteiger partial charge >= 0.3 is 10.4 Å². The molecule has 35 heavy (non-hydrogen) atoms. The molecule has 3 bridgehead atoms. The van der Waals surface area contributed by atoms with E-state index in [0.717, 1.165) is 12.1 Å². The van der Waals surface area contributed by atoms with Crippen molar-refractivity contribution >= 4 is 44.6 Å². The van der Waals surface area contributed by atoms with E-state index >= 15 is 0 Å². The summed E-state index contributed by atoms with van der Waals surface area (Å²) >= 11 is 12.0. The molecule has 0 amide bonds. The number of hydrogen-bond acceptors (Lipinski definition) is 10. The Hall–Kier alpha value is -2.77. The number of aliphatic hydroxyl groups excluding tert-OH is 1. The van der Waals surface area contributed by atoms with E-state index in [-0.39, 0.29) is 33.4 Å². The zero-order chi connectivity index (χ0) is 25.4. The van der Waals surface area contributed by atoms with E-state index in [9.17, 15) is 32.9 Å². The van der Waals surface area contributed by atoms with Crippen molar-refractivity contribution in [2.75, 3.05) is 20.2 Å². The van der Waals surface area contributed by atoms with Gasteiger partial charge in [0, 0.05) is 23.1 Å². The van der Waals surface area contributed by atoms with E-state index in [0.29, 0.717) is 13.0 Å². The number of phenols is 2. The predicted molar refractivity (Wildman–Crippen MR) is 122 cm³/mol. The summed E-state index contributed by atoms with van der Waals surface area (Å²) in [6, 6.07) is 1.28. The van der Waals surface area contributed by atoms with Crippen molar-refractivity contribution in [3.63, 3.8) is 0 Å². The molecule has 186 valence electrons. The first-order valence-corrected chi connectivity index (χ1v) is 12.2. The minimum absolute atomic E-state index is 0.0799. The van der Waals surface area contributed by atoms with E-state index in [1.807, 2.05) is 0 Å². The number of fused-ring (bicyclic) bond motifs is 2. The standard InChI is InChI=1S/C21H16Cl2FNO9S/c1-25-3-2-7(12(25)6-26)13-15(27)20-16(28)14-17(29)21(34-35(30,31)33-20)18(32-19(13)14)8-4-11(24)10(23)5-9(8)22/h4-5,7,12,26-28H,2-3,6H2,1H3. The van der Waals surface area contributed by atoms with E-state index in [1.165, 1.54) is 0 Å². The van der Waals surface area contributed by atoms with Crippen LogP contribution in [-0.2, 0) is 10.4 Å². The third kappa shape index (κ3) is 3.59. The number of benzene rings is 2. The van der Waals surface area contributed by atoms with Crippen LogP contribution in [0, 0.1) is 5.82 Å². The summed E-state index contributed by atoms with van der Waals surface area (Å²) in [6.45, 7) is 0.142. The molecule has 2 unspecified atom stereocenters. The van der Waals surface area contributed by atoms with Crippen molar-refractivity contribution in [1.82, 2.24) is 4.90 Å². The Labute approximate surface area is 206 Å². The van der Waals surface area contributed by atoms with Gasteiger partial charge in [-0.05, 0) is 32.1 Å². The maximum Gasteiger partial charge on any atom is 0.501 e. The SMILES string of the molecule is CN1CCC(c2c(O)c3c(O)c4c(=O)c(c(-c5cc(F)c(Cl)cc5Cl)oc24)OS(=O)(=O)O3)C1CO. The van der Waals surface area contributed by atoms with E-state index in [4.69, 9.17) is 36.0 Å². The van der Waals surface area contributed by atoms with Crippen LogP contribution >= 0.6 is 23.2 Å². The summed E-state index contributed by atoms with van der Waals surface area (Å²) in [5.41, 5.74) is -1.83. The third-order valence-electron chi connectivity index (χ3n) is 6.24. The van der Waals surface area contributed by atoms with Crippen molar-refractivity contribution in [3.05, 3.63) is 43.8 Å². The molecular formula is C21H16Cl2FNO9S. The van der Waals surface area contributed by atoms with Crippen molar-refractivity contribution < 1.29 is 40.9 Å². The molecule has 0 aliphatic carbocycles. The van der Waals surface area contributed by atoms with E-state index in [1.54, 1.807) is 11.9 Å². The lowest BCUT2D eigenvalue weighted by atomic mass is 9.89. The fourth-order valence-corrected chi connectivity index (χ4v) is 5.81. The van der Waals surface area contributed by atoms with Crippen LogP contribution < -0.4 is 13.8 Å². The molecule has 5 rings (SSSR count). The van der Waals surface area contributed by atoms with E-state index < -0.39 is 67.7 Å². The molecule has 1 saturated heterocycles. The number of aliphatic hydroxyl groups is 1. The summed E-state index contributed by atoms with van der Waals surface area (Å²) in [6.07, 6.45) is 0.370. The molecule has 0 saturated carbocycles. The van der Waals surface area contributed by atoms with Crippen LogP contribution in [0.25, 0.3) is 22.3 Å². The fraction of sp³-hybridized carbons (Fsp3) is 0.286. The number of phenolic OH excluding ortho intramolecular Hbond substituents is 2. The summed E-state index contributed by atoms with van der Waals surface area (Å²) in [7, 11) is -3.36. The molecular weight excluding hydrogens is 532 g/mol. The van der Waals surface area contributed by atoms with Gasteiger partial charge in [0.2, 0.25) is 16.9 Å². The van der Waals surface area contributed by atoms with Crippen LogP contribution in [0.1, 0.15) is 17.9 Å². The highest BCUT2D eigenvalue weighted by Crippen LogP contribution is 2.53. The van der Waals surface area contributed by atoms with Gasteiger partial charge in [-0.25, -0.2) is 4.39 Å². The molecule has 2 aliphatic rings. The van der Waals surface area contributed by atoms with Gasteiger partial charge in [-0.15, -0.1) is 8.42 Å². The summed E-state index contributed by atoms with van der Waals surface area (Å²) in [4.78, 5) is 15.2. The Bertz CT molecular complexity index is 1570. The maximum atomic E-state index is 14.3. The van der Waals surface area contributed by atoms with Crippen LogP contribution in [0.2, 0.25) is 10.0 Å². The lowest BCUT2D eigenvalue weighted by Gasteiger charge is -2.26. The molecule has 2 aromatic carbocycles. The highest BCUT2D eigenvalue weighted by atomic mass is 35.5. The first-order chi connectivity index (χ1) is 16.4. The number of nitrogens with zero attached hydrogens (tertiary/aromatic N) is 1. The average molecular weight is 548 g/mol. The number of likely N-dealkylation sites (tertiary alicyclic amines) is 1. The second kappa shape index (κ2) is 8.14. The Morgan fingerprint density at radius 2 is 1.83 bits per heavy atom. The molecule has 10 nitrogen and oxygen atoms in total. The van der Waals surface area contributed by atoms with Crippen LogP contribution in [0.15, 0.2) is 21.3 Å². The molecule has 0 radical (unpaired) electrons. The molecule has 2 aliphatic heterocycles. The lowest BCUT2D eigenvalue weighted by Crippen LogP contribution is -2.32. The van der Waals surface area contributed by atoms with Gasteiger partial charge in [-0.2, -0.15) is 0 Å². The summed E-state index contributed by atoms with van der Waals surface area (Å²) < 4.78 is 55.0. The average Bonchev–Trinajstić information content (AvgIpc) is 3.15. The molecule has 1 fully saturated rings. The minimum atomic E-state index is -5.09. The van der Waals surface area contributed by atoms with E-state index in [2.05, 4.69) is 0 Å². The quantitative estimate of drug-likeness (QED) is 0.417. The third-order valence-corrected chi connectivity index (χ3v) is 7.59. The maximum absolute atomic E-state index is 14.3. The highest BCUT2D eigenvalue weighted by Gasteiger charge is 2.42. The number of halogens is 3. The van der Waals surface area contributed by atoms with Crippen LogP contribution in [0.4, 0.5) is 4.39 Å². The van der Waals surface area contributed by atoms with Gasteiger partial charge in [0.25, 0.3) is 0 Å². The molecule has 3 N–H and O–H groups in total. The van der Waals surface area contributed by atoms with Crippen LogP contribution in [0.5, 0.6) is 23.0 Å². The summed E-state index contributed by atoms with van der Waals surface area (Å²) in [5, 5.41) is 30.6. The van der Waals surface area contributed by atoms with Gasteiger partial charge in [0.05, 0.1) is 16.7 Å². The molecule has 0 spiro atoms. The molecule has 3 heterocycles. The lowest BCUT2D eigenvalue weighted by molar-refractivity contribution is 0.171. The largest absolute Gasteiger partial charge is 0.504 e. The first kappa shape index (κ1) is 23.9. The van der Waals surface area contributed by atoms with Gasteiger partial charge in [0.15, 0.2) is 17.3 Å². The number of likely N-dealkylation sites (N-methyl/N-ethyl adjacent to an activating group) is 1. The first-order valence-electron chi connectivity index (χ1n) is 10.1. The van der Waals surface area contributed by atoms with Crippen molar-refractivity contribution in [1.29, 1.82) is 0 Å². The monoisotopic (exact) mass is 547 g/mol. The predicted octanol–water partition coefficient (Wildman–Crippen LogP) is 3.11. The Balaban J connectivity index is 1.97. The second-order valence-electron chi connectivity index (χ2n) is 8.18. The molecule has 1 aromatic heterocycles.